The first kappa shape index (κ1) is 16.3. The van der Waals surface area contributed by atoms with Gasteiger partial charge < -0.3 is 20.9 Å². The molecule has 0 radical (unpaired) electrons. The number of nitrogens with two attached hydrogens (primary N) is 2. The second-order valence-corrected chi connectivity index (χ2v) is 4.74. The molecular formula is C13H19BrN4O2. The van der Waals surface area contributed by atoms with E-state index in [-0.39, 0.29) is 5.96 Å². The molecule has 7 heteroatoms. The molecule has 20 heavy (non-hydrogen) atoms. The summed E-state index contributed by atoms with van der Waals surface area (Å²) in [6.45, 7) is 5.13. The predicted molar refractivity (Wildman–Crippen MR) is 84.5 cm³/mol. The Balaban J connectivity index is 3.05. The molecule has 0 saturated carbocycles. The van der Waals surface area contributed by atoms with Gasteiger partial charge in [-0.3, -0.25) is 0 Å². The normalized spacial score (nSPS) is 10.6. The standard InChI is InChI=1S/C13H19BrN4O2/c1-3-5-20-12-10(14)6-9(7-11(12)19-4-2)8-17-18-13(15)16/h6-8H,3-5H2,1-2H3,(H4,15,16,18)/b17-8+. The number of hydrogen-bond donors (Lipinski definition) is 2. The molecule has 6 nitrogen and oxygen atoms in total. The van der Waals surface area contributed by atoms with E-state index in [1.165, 1.54) is 6.21 Å². The van der Waals surface area contributed by atoms with E-state index in [1.807, 2.05) is 26.0 Å². The summed E-state index contributed by atoms with van der Waals surface area (Å²) in [5.41, 5.74) is 11.2. The molecular weight excluding hydrogens is 324 g/mol. The first-order valence-corrected chi connectivity index (χ1v) is 7.08. The number of guanidine groups is 1. The van der Waals surface area contributed by atoms with Crippen molar-refractivity contribution in [1.29, 1.82) is 0 Å². The molecule has 1 aromatic carbocycles. The van der Waals surface area contributed by atoms with Crippen molar-refractivity contribution in [3.63, 3.8) is 0 Å². The van der Waals surface area contributed by atoms with E-state index in [2.05, 4.69) is 26.1 Å². The van der Waals surface area contributed by atoms with E-state index in [1.54, 1.807) is 0 Å². The number of ether oxygens (including phenoxy) is 2. The van der Waals surface area contributed by atoms with Crippen LogP contribution in [0.3, 0.4) is 0 Å². The van der Waals surface area contributed by atoms with Crippen LogP contribution in [0, 0.1) is 0 Å². The van der Waals surface area contributed by atoms with Crippen molar-refractivity contribution >= 4 is 28.1 Å². The highest BCUT2D eigenvalue weighted by Gasteiger charge is 2.11. The van der Waals surface area contributed by atoms with Crippen molar-refractivity contribution in [3.8, 4) is 11.5 Å². The molecule has 0 amide bonds. The fourth-order valence-electron chi connectivity index (χ4n) is 1.43. The zero-order valence-corrected chi connectivity index (χ0v) is 13.2. The van der Waals surface area contributed by atoms with Crippen LogP contribution in [0.25, 0.3) is 0 Å². The lowest BCUT2D eigenvalue weighted by atomic mass is 10.2. The fraction of sp³-hybridized carbons (Fsp3) is 0.385. The lowest BCUT2D eigenvalue weighted by molar-refractivity contribution is 0.275. The minimum atomic E-state index is -0.0896. The summed E-state index contributed by atoms with van der Waals surface area (Å²) in [7, 11) is 0. The van der Waals surface area contributed by atoms with E-state index < -0.39 is 0 Å². The van der Waals surface area contributed by atoms with Crippen LogP contribution < -0.4 is 20.9 Å². The van der Waals surface area contributed by atoms with Gasteiger partial charge in [-0.1, -0.05) is 6.92 Å². The van der Waals surface area contributed by atoms with Gasteiger partial charge in [0, 0.05) is 0 Å². The molecule has 0 atom stereocenters. The summed E-state index contributed by atoms with van der Waals surface area (Å²) in [6.07, 6.45) is 2.46. The molecule has 0 aliphatic heterocycles. The minimum absolute atomic E-state index is 0.0896. The van der Waals surface area contributed by atoms with Gasteiger partial charge in [0.2, 0.25) is 5.96 Å². The molecule has 0 unspecified atom stereocenters. The summed E-state index contributed by atoms with van der Waals surface area (Å²) in [4.78, 5) is 0. The van der Waals surface area contributed by atoms with Crippen molar-refractivity contribution < 1.29 is 9.47 Å². The Kier molecular flexibility index (Phi) is 6.86. The van der Waals surface area contributed by atoms with Gasteiger partial charge in [-0.25, -0.2) is 0 Å². The zero-order valence-electron chi connectivity index (χ0n) is 11.6. The molecule has 0 spiro atoms. The Labute approximate surface area is 127 Å². The number of benzene rings is 1. The van der Waals surface area contributed by atoms with Crippen LogP contribution in [-0.2, 0) is 0 Å². The smallest absolute Gasteiger partial charge is 0.211 e. The van der Waals surface area contributed by atoms with Gasteiger partial charge in [0.1, 0.15) is 0 Å². The van der Waals surface area contributed by atoms with E-state index in [0.29, 0.717) is 24.7 Å². The zero-order chi connectivity index (χ0) is 15.0. The maximum atomic E-state index is 5.68. The first-order valence-electron chi connectivity index (χ1n) is 6.29. The second-order valence-electron chi connectivity index (χ2n) is 3.88. The SMILES string of the molecule is CCCOc1c(Br)cc(/C=N/N=C(N)N)cc1OCC. The Morgan fingerprint density at radius 2 is 2.05 bits per heavy atom. The summed E-state index contributed by atoms with van der Waals surface area (Å²) in [6, 6.07) is 3.68. The number of hydrogen-bond acceptors (Lipinski definition) is 4. The molecule has 110 valence electrons. The third kappa shape index (κ3) is 5.08. The van der Waals surface area contributed by atoms with Crippen molar-refractivity contribution in [2.75, 3.05) is 13.2 Å². The van der Waals surface area contributed by atoms with E-state index in [0.717, 1.165) is 16.5 Å². The average Bonchev–Trinajstić information content (AvgIpc) is 2.38. The molecule has 0 saturated heterocycles. The van der Waals surface area contributed by atoms with Crippen LogP contribution >= 0.6 is 15.9 Å². The van der Waals surface area contributed by atoms with Crippen molar-refractivity contribution in [1.82, 2.24) is 0 Å². The average molecular weight is 343 g/mol. The number of nitrogens with zero attached hydrogens (tertiary/aromatic N) is 2. The summed E-state index contributed by atoms with van der Waals surface area (Å²) in [5, 5.41) is 7.32. The largest absolute Gasteiger partial charge is 0.490 e. The van der Waals surface area contributed by atoms with Gasteiger partial charge in [-0.15, -0.1) is 5.10 Å². The predicted octanol–water partition coefficient (Wildman–Crippen LogP) is 2.24. The molecule has 0 aliphatic rings. The number of halogens is 1. The van der Waals surface area contributed by atoms with Crippen LogP contribution in [0.5, 0.6) is 11.5 Å². The van der Waals surface area contributed by atoms with Gasteiger partial charge in [0.15, 0.2) is 11.5 Å². The van der Waals surface area contributed by atoms with Crippen molar-refractivity contribution in [2.24, 2.45) is 21.7 Å². The molecule has 0 fully saturated rings. The van der Waals surface area contributed by atoms with Crippen LogP contribution in [0.15, 0.2) is 26.8 Å². The van der Waals surface area contributed by atoms with E-state index in [9.17, 15) is 0 Å². The van der Waals surface area contributed by atoms with E-state index in [4.69, 9.17) is 20.9 Å². The van der Waals surface area contributed by atoms with Crippen LogP contribution in [0.1, 0.15) is 25.8 Å². The second kappa shape index (κ2) is 8.42. The van der Waals surface area contributed by atoms with Crippen LogP contribution in [-0.4, -0.2) is 25.4 Å². The maximum Gasteiger partial charge on any atom is 0.211 e. The first-order chi connectivity index (χ1) is 9.58. The third-order valence-corrected chi connectivity index (χ3v) is 2.75. The fourth-order valence-corrected chi connectivity index (χ4v) is 2.01. The molecule has 1 rings (SSSR count). The van der Waals surface area contributed by atoms with Gasteiger partial charge >= 0.3 is 0 Å². The highest BCUT2D eigenvalue weighted by atomic mass is 79.9. The number of rotatable bonds is 7. The Hall–Kier alpha value is -1.76. The quantitative estimate of drug-likeness (QED) is 0.451. The monoisotopic (exact) mass is 342 g/mol. The lowest BCUT2D eigenvalue weighted by Crippen LogP contribution is -2.21. The molecule has 1 aromatic rings. The third-order valence-electron chi connectivity index (χ3n) is 2.16. The maximum absolute atomic E-state index is 5.68. The van der Waals surface area contributed by atoms with Crippen LogP contribution in [0.4, 0.5) is 0 Å². The molecule has 4 N–H and O–H groups in total. The van der Waals surface area contributed by atoms with Gasteiger partial charge in [-0.2, -0.15) is 5.10 Å². The Morgan fingerprint density at radius 3 is 2.65 bits per heavy atom. The highest BCUT2D eigenvalue weighted by Crippen LogP contribution is 2.36. The van der Waals surface area contributed by atoms with E-state index >= 15 is 0 Å². The Bertz CT molecular complexity index is 499. The summed E-state index contributed by atoms with van der Waals surface area (Å²) >= 11 is 3.47. The van der Waals surface area contributed by atoms with Gasteiger partial charge in [0.25, 0.3) is 0 Å². The van der Waals surface area contributed by atoms with Gasteiger partial charge in [-0.05, 0) is 47.0 Å². The molecule has 0 aromatic heterocycles. The molecule has 0 heterocycles. The van der Waals surface area contributed by atoms with Crippen LogP contribution in [0.2, 0.25) is 0 Å². The summed E-state index contributed by atoms with van der Waals surface area (Å²) in [5.74, 6) is 1.25. The molecule has 0 aliphatic carbocycles. The highest BCUT2D eigenvalue weighted by molar-refractivity contribution is 9.10. The molecule has 0 bridgehead atoms. The minimum Gasteiger partial charge on any atom is -0.490 e. The Morgan fingerprint density at radius 1 is 1.30 bits per heavy atom. The van der Waals surface area contributed by atoms with Crippen molar-refractivity contribution in [2.45, 2.75) is 20.3 Å². The van der Waals surface area contributed by atoms with Crippen molar-refractivity contribution in [3.05, 3.63) is 22.2 Å². The topological polar surface area (TPSA) is 95.2 Å². The lowest BCUT2D eigenvalue weighted by Gasteiger charge is -2.13. The summed E-state index contributed by atoms with van der Waals surface area (Å²) < 4.78 is 12.1. The van der Waals surface area contributed by atoms with Gasteiger partial charge in [0.05, 0.1) is 23.9 Å².